The van der Waals surface area contributed by atoms with E-state index in [0.29, 0.717) is 19.8 Å². The van der Waals surface area contributed by atoms with E-state index in [1.807, 2.05) is 0 Å². The maximum atomic E-state index is 12.9. The zero-order valence-electron chi connectivity index (χ0n) is 19.6. The van der Waals surface area contributed by atoms with Crippen molar-refractivity contribution in [1.29, 1.82) is 0 Å². The number of nitro groups is 1. The Morgan fingerprint density at radius 3 is 2.39 bits per heavy atom. The minimum Gasteiger partial charge on any atom is -0.493 e. The molecule has 184 valence electrons. The van der Waals surface area contributed by atoms with E-state index >= 15 is 0 Å². The number of ether oxygens (including phenoxy) is 5. The summed E-state index contributed by atoms with van der Waals surface area (Å²) in [6.07, 6.45) is -0.944. The molecule has 0 aliphatic carbocycles. The molecule has 2 rings (SSSR count). The average Bonchev–Trinajstić information content (AvgIpc) is 2.76. The fourth-order valence-corrected chi connectivity index (χ4v) is 3.04. The van der Waals surface area contributed by atoms with Gasteiger partial charge in [-0.3, -0.25) is 24.7 Å². The number of amides is 1. The molecule has 12 heteroatoms. The van der Waals surface area contributed by atoms with E-state index in [4.69, 9.17) is 18.9 Å². The largest absolute Gasteiger partial charge is 0.493 e. The number of methoxy groups -OCH3 is 2. The van der Waals surface area contributed by atoms with Crippen LogP contribution in [0.5, 0.6) is 11.5 Å². The van der Waals surface area contributed by atoms with Crippen LogP contribution in [-0.4, -0.2) is 87.7 Å². The van der Waals surface area contributed by atoms with Gasteiger partial charge in [-0.15, -0.1) is 0 Å². The summed E-state index contributed by atoms with van der Waals surface area (Å²) in [6, 6.07) is 2.44. The Balaban J connectivity index is 2.39. The van der Waals surface area contributed by atoms with Crippen molar-refractivity contribution in [3.63, 3.8) is 0 Å². The number of nitrogens with zero attached hydrogens (tertiary/aromatic N) is 3. The van der Waals surface area contributed by atoms with Crippen LogP contribution in [0.1, 0.15) is 20.8 Å². The summed E-state index contributed by atoms with van der Waals surface area (Å²) in [5, 5.41) is 11.8. The summed E-state index contributed by atoms with van der Waals surface area (Å²) in [5.41, 5.74) is -1.53. The zero-order chi connectivity index (χ0) is 24.6. The topological polar surface area (TPSA) is 130 Å². The Morgan fingerprint density at radius 1 is 1.18 bits per heavy atom. The summed E-state index contributed by atoms with van der Waals surface area (Å²) >= 11 is 0. The fourth-order valence-electron chi connectivity index (χ4n) is 3.04. The van der Waals surface area contributed by atoms with Crippen LogP contribution >= 0.6 is 0 Å². The second kappa shape index (κ2) is 11.7. The lowest BCUT2D eigenvalue weighted by Crippen LogP contribution is -2.40. The van der Waals surface area contributed by atoms with Crippen molar-refractivity contribution >= 4 is 23.4 Å². The molecule has 1 aliphatic heterocycles. The fraction of sp³-hybridized carbons (Fsp3) is 0.619. The van der Waals surface area contributed by atoms with Gasteiger partial charge in [-0.05, 0) is 20.8 Å². The van der Waals surface area contributed by atoms with Crippen molar-refractivity contribution in [2.45, 2.75) is 26.4 Å². The molecule has 0 saturated carbocycles. The van der Waals surface area contributed by atoms with E-state index < -0.39 is 34.8 Å². The van der Waals surface area contributed by atoms with Gasteiger partial charge < -0.3 is 23.7 Å². The summed E-state index contributed by atoms with van der Waals surface area (Å²) < 4.78 is 26.5. The van der Waals surface area contributed by atoms with Crippen LogP contribution in [0.3, 0.4) is 0 Å². The number of hydrogen-bond acceptors (Lipinski definition) is 10. The van der Waals surface area contributed by atoms with Gasteiger partial charge in [-0.1, -0.05) is 0 Å². The minimum atomic E-state index is -0.944. The van der Waals surface area contributed by atoms with Crippen molar-refractivity contribution in [2.75, 3.05) is 65.1 Å². The van der Waals surface area contributed by atoms with E-state index in [0.717, 1.165) is 31.2 Å². The van der Waals surface area contributed by atoms with Crippen molar-refractivity contribution in [1.82, 2.24) is 4.90 Å². The number of rotatable bonds is 9. The highest BCUT2D eigenvalue weighted by atomic mass is 16.6. The van der Waals surface area contributed by atoms with Crippen molar-refractivity contribution < 1.29 is 38.2 Å². The monoisotopic (exact) mass is 469 g/mol. The molecular formula is C21H31N3O9. The van der Waals surface area contributed by atoms with Crippen molar-refractivity contribution in [2.24, 2.45) is 0 Å². The van der Waals surface area contributed by atoms with Crippen molar-refractivity contribution in [3.8, 4) is 11.5 Å². The van der Waals surface area contributed by atoms with Crippen LogP contribution in [0.2, 0.25) is 0 Å². The molecule has 0 aromatic heterocycles. The van der Waals surface area contributed by atoms with Crippen LogP contribution in [0.4, 0.5) is 16.2 Å². The van der Waals surface area contributed by atoms with Crippen LogP contribution in [-0.2, 0) is 19.0 Å². The van der Waals surface area contributed by atoms with Crippen LogP contribution in [0.25, 0.3) is 0 Å². The lowest BCUT2D eigenvalue weighted by atomic mass is 10.2. The molecular weight excluding hydrogens is 438 g/mol. The van der Waals surface area contributed by atoms with Gasteiger partial charge in [0.05, 0.1) is 38.4 Å². The number of esters is 1. The molecule has 12 nitrogen and oxygen atoms in total. The maximum Gasteiger partial charge on any atom is 0.415 e. The number of benzene rings is 1. The normalized spacial score (nSPS) is 14.3. The summed E-state index contributed by atoms with van der Waals surface area (Å²) in [6.45, 7) is 8.05. The van der Waals surface area contributed by atoms with E-state index in [-0.39, 0.29) is 23.8 Å². The Hall–Kier alpha value is -3.12. The van der Waals surface area contributed by atoms with E-state index in [1.165, 1.54) is 13.2 Å². The van der Waals surface area contributed by atoms with E-state index in [9.17, 15) is 19.7 Å². The van der Waals surface area contributed by atoms with Gasteiger partial charge in [-0.2, -0.15) is 0 Å². The molecule has 0 radical (unpaired) electrons. The Kier molecular flexibility index (Phi) is 9.23. The van der Waals surface area contributed by atoms with Crippen molar-refractivity contribution in [3.05, 3.63) is 22.2 Å². The predicted molar refractivity (Wildman–Crippen MR) is 118 cm³/mol. The minimum absolute atomic E-state index is 0.120. The smallest absolute Gasteiger partial charge is 0.415 e. The van der Waals surface area contributed by atoms with Gasteiger partial charge in [0.15, 0.2) is 11.5 Å². The zero-order valence-corrected chi connectivity index (χ0v) is 19.6. The number of hydrogen-bond donors (Lipinski definition) is 0. The first-order valence-electron chi connectivity index (χ1n) is 10.4. The highest BCUT2D eigenvalue weighted by Crippen LogP contribution is 2.40. The first-order valence-corrected chi connectivity index (χ1v) is 10.4. The maximum absolute atomic E-state index is 12.9. The van der Waals surface area contributed by atoms with Gasteiger partial charge in [0, 0.05) is 25.7 Å². The molecule has 1 aromatic rings. The molecule has 1 fully saturated rings. The number of nitro benzene ring substituents is 1. The van der Waals surface area contributed by atoms with Gasteiger partial charge >= 0.3 is 12.1 Å². The second-order valence-electron chi connectivity index (χ2n) is 8.19. The third kappa shape index (κ3) is 7.75. The first kappa shape index (κ1) is 26.1. The molecule has 0 bridgehead atoms. The van der Waals surface area contributed by atoms with Gasteiger partial charge in [0.1, 0.15) is 24.4 Å². The molecule has 0 N–H and O–H groups in total. The quantitative estimate of drug-likeness (QED) is 0.301. The molecule has 1 heterocycles. The Morgan fingerprint density at radius 2 is 1.85 bits per heavy atom. The molecule has 1 saturated heterocycles. The number of morpholine rings is 1. The summed E-state index contributed by atoms with van der Waals surface area (Å²) in [5.74, 6) is -0.472. The molecule has 33 heavy (non-hydrogen) atoms. The molecule has 0 spiro atoms. The van der Waals surface area contributed by atoms with Crippen LogP contribution in [0, 0.1) is 10.1 Å². The van der Waals surface area contributed by atoms with Gasteiger partial charge in [0.25, 0.3) is 5.69 Å². The Bertz CT molecular complexity index is 848. The molecule has 0 atom stereocenters. The third-order valence-corrected chi connectivity index (χ3v) is 4.65. The lowest BCUT2D eigenvalue weighted by molar-refractivity contribution is -0.384. The summed E-state index contributed by atoms with van der Waals surface area (Å²) in [4.78, 5) is 39.0. The average molecular weight is 469 g/mol. The van der Waals surface area contributed by atoms with Gasteiger partial charge in [-0.25, -0.2) is 4.79 Å². The molecule has 1 aromatic carbocycles. The number of anilines is 1. The molecule has 0 unspecified atom stereocenters. The van der Waals surface area contributed by atoms with E-state index in [1.54, 1.807) is 20.8 Å². The second-order valence-corrected chi connectivity index (χ2v) is 8.19. The van der Waals surface area contributed by atoms with E-state index in [2.05, 4.69) is 9.64 Å². The van der Waals surface area contributed by atoms with Crippen LogP contribution < -0.4 is 14.4 Å². The van der Waals surface area contributed by atoms with Crippen LogP contribution in [0.15, 0.2) is 12.1 Å². The molecule has 1 aliphatic rings. The first-order chi connectivity index (χ1) is 15.6. The Labute approximate surface area is 192 Å². The SMILES string of the molecule is COC(=O)CN(C(=O)OC(C)(C)C)c1cc(OCCN2CCOCC2)c(OC)cc1[N+](=O)[O-]. The standard InChI is InChI=1S/C21H31N3O9/c1-21(2,3)33-20(26)23(14-19(25)30-5)15-12-18(17(29-4)13-16(15)24(27)28)32-11-8-22-6-9-31-10-7-22/h12-13H,6-11,14H2,1-5H3. The summed E-state index contributed by atoms with van der Waals surface area (Å²) in [7, 11) is 2.51. The predicted octanol–water partition coefficient (Wildman–Crippen LogP) is 2.23. The molecule has 1 amide bonds. The lowest BCUT2D eigenvalue weighted by Gasteiger charge is -2.27. The van der Waals surface area contributed by atoms with Gasteiger partial charge in [0.2, 0.25) is 0 Å². The highest BCUT2D eigenvalue weighted by Gasteiger charge is 2.32. The number of carbonyl (C=O) groups is 2. The number of carbonyl (C=O) groups excluding carboxylic acids is 2. The third-order valence-electron chi connectivity index (χ3n) is 4.65. The highest BCUT2D eigenvalue weighted by molar-refractivity contribution is 5.96.